The Hall–Kier alpha value is -1.48. The molecule has 4 nitrogen and oxygen atoms in total. The second kappa shape index (κ2) is 7.85. The van der Waals surface area contributed by atoms with E-state index in [2.05, 4.69) is 5.92 Å². The third-order valence-electron chi connectivity index (χ3n) is 2.40. The largest absolute Gasteiger partial charge is 0.491 e. The Labute approximate surface area is 117 Å². The summed E-state index contributed by atoms with van der Waals surface area (Å²) in [6.45, 7) is 0.0741. The summed E-state index contributed by atoms with van der Waals surface area (Å²) in [5.74, 6) is 4.01. The van der Waals surface area contributed by atoms with Crippen molar-refractivity contribution in [3.8, 4) is 18.1 Å². The Morgan fingerprint density at radius 1 is 1.47 bits per heavy atom. The van der Waals surface area contributed by atoms with Gasteiger partial charge in [0.2, 0.25) is 0 Å². The maximum absolute atomic E-state index is 11.0. The lowest BCUT2D eigenvalue weighted by atomic mass is 10.1. The van der Waals surface area contributed by atoms with Crippen molar-refractivity contribution in [1.29, 1.82) is 0 Å². The molecule has 0 heterocycles. The molecule has 19 heavy (non-hydrogen) atoms. The molecule has 1 aromatic rings. The molecule has 0 spiro atoms. The highest BCUT2D eigenvalue weighted by Gasteiger charge is 2.25. The Kier molecular flexibility index (Phi) is 6.43. The van der Waals surface area contributed by atoms with Gasteiger partial charge in [-0.1, -0.05) is 18.1 Å². The van der Waals surface area contributed by atoms with Crippen LogP contribution in [0.1, 0.15) is 5.56 Å². The van der Waals surface area contributed by atoms with Gasteiger partial charge in [0.05, 0.1) is 12.4 Å². The molecule has 1 unspecified atom stereocenters. The van der Waals surface area contributed by atoms with E-state index in [9.17, 15) is 4.79 Å². The predicted octanol–water partition coefficient (Wildman–Crippen LogP) is 0.820. The van der Waals surface area contributed by atoms with Crippen LogP contribution < -0.4 is 10.5 Å². The fourth-order valence-electron chi connectivity index (χ4n) is 1.32. The maximum atomic E-state index is 11.0. The number of aldehydes is 1. The number of benzene rings is 1. The van der Waals surface area contributed by atoms with Gasteiger partial charge in [0.15, 0.2) is 0 Å². The van der Waals surface area contributed by atoms with Gasteiger partial charge in [-0.05, 0) is 17.7 Å². The van der Waals surface area contributed by atoms with Crippen molar-refractivity contribution in [2.75, 3.05) is 18.1 Å². The fraction of sp³-hybridized carbons (Fsp3) is 0.357. The third-order valence-corrected chi connectivity index (χ3v) is 3.52. The number of terminal acetylenes is 1. The lowest BCUT2D eigenvalue weighted by Gasteiger charge is -2.22. The number of ether oxygens (including phenoxy) is 1. The second-order valence-corrected chi connectivity index (χ2v) is 5.12. The number of aliphatic hydroxyl groups excluding tert-OH is 1. The minimum absolute atomic E-state index is 0.0157. The number of carbonyl (C=O) groups excluding carboxylic acids is 1. The molecule has 0 aliphatic carbocycles. The van der Waals surface area contributed by atoms with Gasteiger partial charge >= 0.3 is 0 Å². The van der Waals surface area contributed by atoms with Crippen LogP contribution in [0.3, 0.4) is 0 Å². The zero-order chi connectivity index (χ0) is 14.1. The van der Waals surface area contributed by atoms with Crippen LogP contribution in [-0.2, 0) is 11.4 Å². The Balaban J connectivity index is 2.51. The summed E-state index contributed by atoms with van der Waals surface area (Å²) < 4.78 is 5.49. The molecule has 1 rings (SSSR count). The van der Waals surface area contributed by atoms with Gasteiger partial charge in [-0.3, -0.25) is 0 Å². The molecule has 3 N–H and O–H groups in total. The first kappa shape index (κ1) is 15.6. The van der Waals surface area contributed by atoms with Crippen molar-refractivity contribution in [2.24, 2.45) is 5.73 Å². The van der Waals surface area contributed by atoms with E-state index in [4.69, 9.17) is 22.0 Å². The lowest BCUT2D eigenvalue weighted by Crippen LogP contribution is -2.49. The molecule has 0 bridgehead atoms. The summed E-state index contributed by atoms with van der Waals surface area (Å²) in [5.41, 5.74) is 5.67. The van der Waals surface area contributed by atoms with Gasteiger partial charge in [-0.15, -0.1) is 18.2 Å². The minimum atomic E-state index is -1.04. The lowest BCUT2D eigenvalue weighted by molar-refractivity contribution is -0.112. The van der Waals surface area contributed by atoms with Crippen LogP contribution in [0.2, 0.25) is 0 Å². The number of thioether (sulfide) groups is 1. The summed E-state index contributed by atoms with van der Waals surface area (Å²) in [6, 6.07) is 6.96. The van der Waals surface area contributed by atoms with E-state index in [1.165, 1.54) is 11.8 Å². The van der Waals surface area contributed by atoms with Crippen LogP contribution in [0.15, 0.2) is 24.3 Å². The van der Waals surface area contributed by atoms with Gasteiger partial charge in [0.1, 0.15) is 24.2 Å². The number of hydrogen-bond donors (Lipinski definition) is 2. The molecule has 0 amide bonds. The molecule has 5 heteroatoms. The smallest absolute Gasteiger partial charge is 0.144 e. The van der Waals surface area contributed by atoms with Gasteiger partial charge in [-0.2, -0.15) is 0 Å². The zero-order valence-electron chi connectivity index (χ0n) is 10.5. The SMILES string of the molecule is C#CCSCC(N)(C=O)COc1ccc(CO)cc1. The number of carbonyl (C=O) groups is 1. The molecule has 102 valence electrons. The average molecular weight is 279 g/mol. The first-order valence-electron chi connectivity index (χ1n) is 5.72. The van der Waals surface area contributed by atoms with E-state index in [1.807, 2.05) is 0 Å². The van der Waals surface area contributed by atoms with Crippen molar-refractivity contribution in [3.05, 3.63) is 29.8 Å². The number of rotatable bonds is 8. The molecule has 0 radical (unpaired) electrons. The van der Waals surface area contributed by atoms with E-state index < -0.39 is 5.54 Å². The molecule has 1 aromatic carbocycles. The molecular formula is C14H17NO3S. The quantitative estimate of drug-likeness (QED) is 0.419. The van der Waals surface area contributed by atoms with Gasteiger partial charge in [0.25, 0.3) is 0 Å². The van der Waals surface area contributed by atoms with Crippen LogP contribution >= 0.6 is 11.8 Å². The minimum Gasteiger partial charge on any atom is -0.491 e. The molecular weight excluding hydrogens is 262 g/mol. The van der Waals surface area contributed by atoms with Crippen molar-refractivity contribution >= 4 is 18.0 Å². The second-order valence-electron chi connectivity index (χ2n) is 4.14. The van der Waals surface area contributed by atoms with Crippen LogP contribution in [-0.4, -0.2) is 35.0 Å². The van der Waals surface area contributed by atoms with Gasteiger partial charge in [0, 0.05) is 5.75 Å². The summed E-state index contributed by atoms with van der Waals surface area (Å²) >= 11 is 1.42. The average Bonchev–Trinajstić information content (AvgIpc) is 2.46. The first-order valence-corrected chi connectivity index (χ1v) is 6.88. The molecule has 0 aliphatic rings. The van der Waals surface area contributed by atoms with Crippen LogP contribution in [0.5, 0.6) is 5.75 Å². The Morgan fingerprint density at radius 3 is 2.68 bits per heavy atom. The highest BCUT2D eigenvalue weighted by atomic mass is 32.2. The van der Waals surface area contributed by atoms with Crippen molar-refractivity contribution < 1.29 is 14.6 Å². The number of aliphatic hydroxyl groups is 1. The predicted molar refractivity (Wildman–Crippen MR) is 77.0 cm³/mol. The Morgan fingerprint density at radius 2 is 2.16 bits per heavy atom. The van der Waals surface area contributed by atoms with Crippen LogP contribution in [0.4, 0.5) is 0 Å². The standard InChI is InChI=1S/C14H17NO3S/c1-2-7-19-11-14(15,9-17)10-18-13-5-3-12(8-16)4-6-13/h1,3-6,9,16H,7-8,10-11,15H2. The fourth-order valence-corrected chi connectivity index (χ4v) is 2.07. The zero-order valence-corrected chi connectivity index (χ0v) is 11.4. The maximum Gasteiger partial charge on any atom is 0.144 e. The van der Waals surface area contributed by atoms with E-state index in [-0.39, 0.29) is 13.2 Å². The molecule has 0 fully saturated rings. The Bertz CT molecular complexity index is 441. The number of nitrogens with two attached hydrogens (primary N) is 1. The first-order chi connectivity index (χ1) is 9.13. The molecule has 0 aliphatic heterocycles. The third kappa shape index (κ3) is 5.35. The van der Waals surface area contributed by atoms with Gasteiger partial charge < -0.3 is 20.4 Å². The highest BCUT2D eigenvalue weighted by molar-refractivity contribution is 7.99. The van der Waals surface area contributed by atoms with E-state index in [0.717, 1.165) is 5.56 Å². The summed E-state index contributed by atoms with van der Waals surface area (Å²) in [5, 5.41) is 8.92. The molecule has 0 saturated heterocycles. The summed E-state index contributed by atoms with van der Waals surface area (Å²) in [7, 11) is 0. The topological polar surface area (TPSA) is 72.6 Å². The van der Waals surface area contributed by atoms with Crippen molar-refractivity contribution in [3.63, 3.8) is 0 Å². The summed E-state index contributed by atoms with van der Waals surface area (Å²) in [4.78, 5) is 11.0. The monoisotopic (exact) mass is 279 g/mol. The molecule has 0 saturated carbocycles. The molecule has 0 aromatic heterocycles. The normalized spacial score (nSPS) is 13.3. The van der Waals surface area contributed by atoms with Crippen molar-refractivity contribution in [2.45, 2.75) is 12.1 Å². The van der Waals surface area contributed by atoms with Gasteiger partial charge in [-0.25, -0.2) is 0 Å². The summed E-state index contributed by atoms with van der Waals surface area (Å²) in [6.07, 6.45) is 5.83. The van der Waals surface area contributed by atoms with Crippen LogP contribution in [0.25, 0.3) is 0 Å². The van der Waals surface area contributed by atoms with Crippen LogP contribution in [0, 0.1) is 12.3 Å². The van der Waals surface area contributed by atoms with E-state index in [1.54, 1.807) is 24.3 Å². The van der Waals surface area contributed by atoms with E-state index in [0.29, 0.717) is 23.5 Å². The highest BCUT2D eigenvalue weighted by Crippen LogP contribution is 2.15. The van der Waals surface area contributed by atoms with E-state index >= 15 is 0 Å². The van der Waals surface area contributed by atoms with Crippen molar-refractivity contribution in [1.82, 2.24) is 0 Å². The number of hydrogen-bond acceptors (Lipinski definition) is 5. The molecule has 1 atom stereocenters.